The maximum atomic E-state index is 12.8. The van der Waals surface area contributed by atoms with E-state index in [-0.39, 0.29) is 18.7 Å². The number of rotatable bonds is 7. The number of anilines is 3. The van der Waals surface area contributed by atoms with Crippen molar-refractivity contribution in [1.29, 1.82) is 0 Å². The molecule has 0 aliphatic carbocycles. The molecule has 1 aromatic carbocycles. The van der Waals surface area contributed by atoms with E-state index in [9.17, 15) is 9.90 Å². The smallest absolute Gasteiger partial charge is 0.321 e. The highest BCUT2D eigenvalue weighted by atomic mass is 16.3. The first-order chi connectivity index (χ1) is 16.9. The molecule has 1 fully saturated rings. The molecule has 184 valence electrons. The van der Waals surface area contributed by atoms with Crippen molar-refractivity contribution >= 4 is 23.4 Å². The number of carbonyl (C=O) groups excluding carboxylic acids is 1. The molecule has 8 nitrogen and oxygen atoms in total. The molecule has 0 saturated carbocycles. The normalized spacial score (nSPS) is 16.2. The highest BCUT2D eigenvalue weighted by molar-refractivity contribution is 5.91. The summed E-state index contributed by atoms with van der Waals surface area (Å²) < 4.78 is 0. The second-order valence-corrected chi connectivity index (χ2v) is 9.29. The van der Waals surface area contributed by atoms with E-state index in [1.165, 1.54) is 0 Å². The fourth-order valence-corrected chi connectivity index (χ4v) is 4.38. The molecule has 0 bridgehead atoms. The van der Waals surface area contributed by atoms with Crippen LogP contribution in [0.1, 0.15) is 32.3 Å². The van der Waals surface area contributed by atoms with Crippen LogP contribution in [0, 0.1) is 12.8 Å². The van der Waals surface area contributed by atoms with Crippen molar-refractivity contribution in [3.05, 3.63) is 54.2 Å². The number of amides is 2. The van der Waals surface area contributed by atoms with E-state index in [2.05, 4.69) is 22.5 Å². The molecule has 0 unspecified atom stereocenters. The van der Waals surface area contributed by atoms with E-state index in [1.807, 2.05) is 55.1 Å². The first-order valence-electron chi connectivity index (χ1n) is 12.1. The molecule has 4 rings (SSSR count). The minimum Gasteiger partial charge on any atom is -0.394 e. The van der Waals surface area contributed by atoms with Gasteiger partial charge in [-0.15, -0.1) is 0 Å². The van der Waals surface area contributed by atoms with Gasteiger partial charge in [0.05, 0.1) is 12.3 Å². The Morgan fingerprint density at radius 3 is 2.77 bits per heavy atom. The molecule has 1 aliphatic heterocycles. The minimum atomic E-state index is -0.160. The summed E-state index contributed by atoms with van der Waals surface area (Å²) in [6.07, 6.45) is 3.81. The highest BCUT2D eigenvalue weighted by Crippen LogP contribution is 2.32. The molecule has 1 saturated heterocycles. The second-order valence-electron chi connectivity index (χ2n) is 9.29. The lowest BCUT2D eigenvalue weighted by atomic mass is 9.98. The van der Waals surface area contributed by atoms with Gasteiger partial charge in [0.2, 0.25) is 0 Å². The van der Waals surface area contributed by atoms with Gasteiger partial charge in [0, 0.05) is 36.6 Å². The summed E-state index contributed by atoms with van der Waals surface area (Å²) in [6.45, 7) is 7.69. The van der Waals surface area contributed by atoms with Gasteiger partial charge in [-0.05, 0) is 79.3 Å². The van der Waals surface area contributed by atoms with Crippen molar-refractivity contribution in [2.24, 2.45) is 5.92 Å². The van der Waals surface area contributed by atoms with Crippen molar-refractivity contribution in [2.45, 2.75) is 39.7 Å². The monoisotopic (exact) mass is 474 g/mol. The Morgan fingerprint density at radius 2 is 2.06 bits per heavy atom. The molecule has 35 heavy (non-hydrogen) atoms. The number of hydrogen-bond acceptors (Lipinski definition) is 6. The van der Waals surface area contributed by atoms with E-state index in [0.29, 0.717) is 17.6 Å². The largest absolute Gasteiger partial charge is 0.394 e. The maximum Gasteiger partial charge on any atom is 0.321 e. The van der Waals surface area contributed by atoms with Crippen molar-refractivity contribution in [1.82, 2.24) is 14.9 Å². The van der Waals surface area contributed by atoms with Crippen molar-refractivity contribution in [3.63, 3.8) is 0 Å². The third-order valence-corrected chi connectivity index (χ3v) is 6.52. The predicted octanol–water partition coefficient (Wildman–Crippen LogP) is 4.76. The van der Waals surface area contributed by atoms with Gasteiger partial charge >= 0.3 is 6.03 Å². The molecule has 3 heterocycles. The van der Waals surface area contributed by atoms with Crippen LogP contribution in [0.5, 0.6) is 0 Å². The first-order valence-corrected chi connectivity index (χ1v) is 12.1. The number of nitrogen functional groups attached to an aromatic ring is 1. The number of pyridine rings is 2. The van der Waals surface area contributed by atoms with Gasteiger partial charge < -0.3 is 26.4 Å². The third kappa shape index (κ3) is 5.89. The van der Waals surface area contributed by atoms with Crippen LogP contribution in [0.3, 0.4) is 0 Å². The van der Waals surface area contributed by atoms with Crippen LogP contribution in [0.15, 0.2) is 48.7 Å². The number of hydrogen-bond donors (Lipinski definition) is 4. The Labute approximate surface area is 206 Å². The van der Waals surface area contributed by atoms with E-state index in [4.69, 9.17) is 10.7 Å². The number of aliphatic hydroxyl groups is 1. The summed E-state index contributed by atoms with van der Waals surface area (Å²) >= 11 is 0. The number of aromatic nitrogens is 2. The van der Waals surface area contributed by atoms with Gasteiger partial charge in [-0.25, -0.2) is 14.8 Å². The first kappa shape index (κ1) is 24.5. The average molecular weight is 475 g/mol. The van der Waals surface area contributed by atoms with E-state index < -0.39 is 0 Å². The van der Waals surface area contributed by atoms with Crippen LogP contribution in [0.25, 0.3) is 22.4 Å². The van der Waals surface area contributed by atoms with Crippen molar-refractivity contribution in [2.75, 3.05) is 36.1 Å². The Morgan fingerprint density at radius 1 is 1.23 bits per heavy atom. The second kappa shape index (κ2) is 10.7. The lowest BCUT2D eigenvalue weighted by molar-refractivity contribution is 0.220. The zero-order chi connectivity index (χ0) is 24.9. The molecule has 0 spiro atoms. The SMILES string of the molecule is CC[C@@H]1CCN(C(=O)Nc2ccc(C)c(-c3cc(N[C@H](C)CO)nc(-c4ccnc(N)c4)c3)c2)C1. The summed E-state index contributed by atoms with van der Waals surface area (Å²) in [5.74, 6) is 1.64. The number of aryl methyl sites for hydroxylation is 1. The lowest BCUT2D eigenvalue weighted by Gasteiger charge is -2.19. The summed E-state index contributed by atoms with van der Waals surface area (Å²) in [6, 6.07) is 13.3. The summed E-state index contributed by atoms with van der Waals surface area (Å²) in [4.78, 5) is 23.6. The molecular formula is C27H34N6O2. The average Bonchev–Trinajstić information content (AvgIpc) is 3.34. The molecule has 8 heteroatoms. The van der Waals surface area contributed by atoms with E-state index in [1.54, 1.807) is 12.3 Å². The topological polar surface area (TPSA) is 116 Å². The van der Waals surface area contributed by atoms with Gasteiger partial charge in [0.25, 0.3) is 0 Å². The number of nitrogens with zero attached hydrogens (tertiary/aromatic N) is 3. The van der Waals surface area contributed by atoms with Crippen LogP contribution in [-0.4, -0.2) is 51.7 Å². The molecule has 1 aliphatic rings. The summed E-state index contributed by atoms with van der Waals surface area (Å²) in [5.41, 5.74) is 11.3. The number of nitrogens with one attached hydrogen (secondary N) is 2. The van der Waals surface area contributed by atoms with Crippen LogP contribution in [0.4, 0.5) is 22.1 Å². The lowest BCUT2D eigenvalue weighted by Crippen LogP contribution is -2.32. The van der Waals surface area contributed by atoms with Crippen molar-refractivity contribution < 1.29 is 9.90 Å². The fraction of sp³-hybridized carbons (Fsp3) is 0.370. The van der Waals surface area contributed by atoms with Crippen LogP contribution in [-0.2, 0) is 0 Å². The molecule has 3 aromatic rings. The van der Waals surface area contributed by atoms with Crippen LogP contribution >= 0.6 is 0 Å². The van der Waals surface area contributed by atoms with Gasteiger partial charge in [-0.1, -0.05) is 19.4 Å². The number of urea groups is 1. The zero-order valence-corrected chi connectivity index (χ0v) is 20.6. The molecule has 0 radical (unpaired) electrons. The predicted molar refractivity (Wildman–Crippen MR) is 141 cm³/mol. The fourth-order valence-electron chi connectivity index (χ4n) is 4.38. The zero-order valence-electron chi connectivity index (χ0n) is 20.6. The number of carbonyl (C=O) groups is 1. The summed E-state index contributed by atoms with van der Waals surface area (Å²) in [7, 11) is 0. The highest BCUT2D eigenvalue weighted by Gasteiger charge is 2.25. The van der Waals surface area contributed by atoms with E-state index in [0.717, 1.165) is 59.6 Å². The summed E-state index contributed by atoms with van der Waals surface area (Å²) in [5, 5.41) is 15.9. The molecular weight excluding hydrogens is 440 g/mol. The molecule has 2 atom stereocenters. The maximum absolute atomic E-state index is 12.8. The van der Waals surface area contributed by atoms with Crippen LogP contribution < -0.4 is 16.4 Å². The van der Waals surface area contributed by atoms with E-state index >= 15 is 0 Å². The molecule has 2 aromatic heterocycles. The van der Waals surface area contributed by atoms with Gasteiger partial charge in [-0.2, -0.15) is 0 Å². The Bertz CT molecular complexity index is 1200. The van der Waals surface area contributed by atoms with Crippen LogP contribution in [0.2, 0.25) is 0 Å². The number of likely N-dealkylation sites (tertiary alicyclic amines) is 1. The van der Waals surface area contributed by atoms with Crippen molar-refractivity contribution in [3.8, 4) is 22.4 Å². The quantitative estimate of drug-likeness (QED) is 0.392. The molecule has 5 N–H and O–H groups in total. The number of aliphatic hydroxyl groups excluding tert-OH is 1. The van der Waals surface area contributed by atoms with Gasteiger partial charge in [-0.3, -0.25) is 0 Å². The third-order valence-electron chi connectivity index (χ3n) is 6.52. The number of benzene rings is 1. The van der Waals surface area contributed by atoms with Gasteiger partial charge in [0.1, 0.15) is 11.6 Å². The molecule has 2 amide bonds. The Kier molecular flexibility index (Phi) is 7.51. The number of nitrogens with two attached hydrogens (primary N) is 1. The minimum absolute atomic E-state index is 0.0145. The van der Waals surface area contributed by atoms with Gasteiger partial charge in [0.15, 0.2) is 0 Å². The Hall–Kier alpha value is -3.65. The Balaban J connectivity index is 1.68. The standard InChI is InChI=1S/C27H34N6O2/c1-4-19-8-10-33(15-19)27(35)31-22-6-5-17(2)23(14-22)21-11-24(20-7-9-29-25(28)12-20)32-26(13-21)30-18(3)16-34/h5-7,9,11-14,18-19,34H,4,8,10,15-16H2,1-3H3,(H2,28,29)(H,30,32)(H,31,35)/t18-,19-/m1/s1.